The molecule has 0 bridgehead atoms. The highest BCUT2D eigenvalue weighted by Crippen LogP contribution is 2.27. The van der Waals surface area contributed by atoms with E-state index in [2.05, 4.69) is 21.5 Å². The third-order valence-corrected chi connectivity index (χ3v) is 4.53. The second-order valence-electron chi connectivity index (χ2n) is 6.36. The number of amides is 1. The summed E-state index contributed by atoms with van der Waals surface area (Å²) in [5, 5.41) is 16.6. The smallest absolute Gasteiger partial charge is 0.237 e. The molecule has 1 N–H and O–H groups in total. The van der Waals surface area contributed by atoms with Gasteiger partial charge in [0.2, 0.25) is 5.91 Å². The Bertz CT molecular complexity index is 1110. The molecule has 4 aromatic rings. The molecule has 140 valence electrons. The van der Waals surface area contributed by atoms with Crippen LogP contribution in [0.15, 0.2) is 91.3 Å². The zero-order valence-corrected chi connectivity index (χ0v) is 15.4. The Morgan fingerprint density at radius 2 is 1.55 bits per heavy atom. The first-order valence-corrected chi connectivity index (χ1v) is 9.08. The van der Waals surface area contributed by atoms with Crippen LogP contribution in [0.25, 0.3) is 5.82 Å². The van der Waals surface area contributed by atoms with Crippen molar-refractivity contribution < 1.29 is 4.79 Å². The molecule has 0 saturated carbocycles. The number of hydrogen-bond donors (Lipinski definition) is 1. The SMILES string of the molecule is N#Cc1cnn(-c2ccccn2)c1NC(=O)C(c1ccccc1)c1ccccc1. The van der Waals surface area contributed by atoms with Crippen LogP contribution in [0, 0.1) is 11.3 Å². The molecular formula is C23H17N5O. The van der Waals surface area contributed by atoms with E-state index in [9.17, 15) is 10.1 Å². The lowest BCUT2D eigenvalue weighted by Gasteiger charge is -2.18. The van der Waals surface area contributed by atoms with Crippen molar-refractivity contribution in [1.82, 2.24) is 14.8 Å². The van der Waals surface area contributed by atoms with Crippen LogP contribution in [0.2, 0.25) is 0 Å². The number of nitriles is 1. The average molecular weight is 379 g/mol. The molecule has 0 aliphatic carbocycles. The van der Waals surface area contributed by atoms with Crippen LogP contribution in [-0.4, -0.2) is 20.7 Å². The summed E-state index contributed by atoms with van der Waals surface area (Å²) in [7, 11) is 0. The van der Waals surface area contributed by atoms with Crippen molar-refractivity contribution in [3.63, 3.8) is 0 Å². The maximum atomic E-state index is 13.4. The lowest BCUT2D eigenvalue weighted by atomic mass is 9.90. The van der Waals surface area contributed by atoms with E-state index in [0.717, 1.165) is 11.1 Å². The van der Waals surface area contributed by atoms with Crippen molar-refractivity contribution >= 4 is 11.7 Å². The molecular weight excluding hydrogens is 362 g/mol. The van der Waals surface area contributed by atoms with E-state index in [1.54, 1.807) is 18.3 Å². The molecule has 2 aromatic heterocycles. The van der Waals surface area contributed by atoms with Gasteiger partial charge in [0, 0.05) is 6.20 Å². The predicted octanol–water partition coefficient (Wildman–Crippen LogP) is 3.91. The number of anilines is 1. The van der Waals surface area contributed by atoms with E-state index in [4.69, 9.17) is 0 Å². The second-order valence-corrected chi connectivity index (χ2v) is 6.36. The van der Waals surface area contributed by atoms with Gasteiger partial charge < -0.3 is 5.32 Å². The second kappa shape index (κ2) is 8.19. The van der Waals surface area contributed by atoms with Gasteiger partial charge in [0.25, 0.3) is 0 Å². The van der Waals surface area contributed by atoms with E-state index in [1.165, 1.54) is 10.9 Å². The van der Waals surface area contributed by atoms with Crippen LogP contribution in [0.4, 0.5) is 5.82 Å². The number of pyridine rings is 1. The van der Waals surface area contributed by atoms with Crippen LogP contribution >= 0.6 is 0 Å². The van der Waals surface area contributed by atoms with E-state index < -0.39 is 5.92 Å². The van der Waals surface area contributed by atoms with Gasteiger partial charge in [0.05, 0.1) is 12.1 Å². The molecule has 6 heteroatoms. The first-order valence-electron chi connectivity index (χ1n) is 9.08. The number of carbonyl (C=O) groups excluding carboxylic acids is 1. The summed E-state index contributed by atoms with van der Waals surface area (Å²) in [5.74, 6) is 0.0286. The van der Waals surface area contributed by atoms with Gasteiger partial charge in [-0.2, -0.15) is 15.0 Å². The summed E-state index contributed by atoms with van der Waals surface area (Å²) in [6.45, 7) is 0. The molecule has 1 amide bonds. The van der Waals surface area contributed by atoms with Gasteiger partial charge in [-0.05, 0) is 23.3 Å². The molecule has 0 atom stereocenters. The Kier molecular flexibility index (Phi) is 5.12. The fraction of sp³-hybridized carbons (Fsp3) is 0.0435. The van der Waals surface area contributed by atoms with Crippen LogP contribution in [0.5, 0.6) is 0 Å². The van der Waals surface area contributed by atoms with Gasteiger partial charge in [-0.3, -0.25) is 4.79 Å². The topological polar surface area (TPSA) is 83.6 Å². The third kappa shape index (κ3) is 3.75. The quantitative estimate of drug-likeness (QED) is 0.570. The molecule has 4 rings (SSSR count). The zero-order chi connectivity index (χ0) is 20.1. The largest absolute Gasteiger partial charge is 0.309 e. The van der Waals surface area contributed by atoms with Gasteiger partial charge in [-0.1, -0.05) is 66.7 Å². The summed E-state index contributed by atoms with van der Waals surface area (Å²) in [4.78, 5) is 17.6. The van der Waals surface area contributed by atoms with Gasteiger partial charge in [-0.25, -0.2) is 4.98 Å². The number of carbonyl (C=O) groups is 1. The molecule has 2 heterocycles. The number of nitrogens with zero attached hydrogens (tertiary/aromatic N) is 4. The lowest BCUT2D eigenvalue weighted by Crippen LogP contribution is -2.24. The maximum Gasteiger partial charge on any atom is 0.237 e. The lowest BCUT2D eigenvalue weighted by molar-refractivity contribution is -0.116. The highest BCUT2D eigenvalue weighted by molar-refractivity contribution is 5.98. The van der Waals surface area contributed by atoms with Crippen LogP contribution < -0.4 is 5.32 Å². The molecule has 6 nitrogen and oxygen atoms in total. The minimum Gasteiger partial charge on any atom is -0.309 e. The number of aromatic nitrogens is 3. The Hall–Kier alpha value is -4.24. The van der Waals surface area contributed by atoms with E-state index in [1.807, 2.05) is 66.7 Å². The normalized spacial score (nSPS) is 10.5. The van der Waals surface area contributed by atoms with Crippen molar-refractivity contribution in [2.75, 3.05) is 5.32 Å². The van der Waals surface area contributed by atoms with E-state index in [-0.39, 0.29) is 11.5 Å². The van der Waals surface area contributed by atoms with Crippen LogP contribution in [0.3, 0.4) is 0 Å². The summed E-state index contributed by atoms with van der Waals surface area (Å²) in [6.07, 6.45) is 3.05. The Balaban J connectivity index is 1.74. The monoisotopic (exact) mass is 379 g/mol. The fourth-order valence-corrected chi connectivity index (χ4v) is 3.18. The molecule has 0 unspecified atom stereocenters. The van der Waals surface area contributed by atoms with Gasteiger partial charge in [-0.15, -0.1) is 0 Å². The molecule has 0 spiro atoms. The molecule has 0 fully saturated rings. The van der Waals surface area contributed by atoms with Gasteiger partial charge in [0.15, 0.2) is 11.6 Å². The summed E-state index contributed by atoms with van der Waals surface area (Å²) in [5.41, 5.74) is 1.99. The predicted molar refractivity (Wildman–Crippen MR) is 109 cm³/mol. The van der Waals surface area contributed by atoms with Gasteiger partial charge >= 0.3 is 0 Å². The Morgan fingerprint density at radius 3 is 2.10 bits per heavy atom. The van der Waals surface area contributed by atoms with Gasteiger partial charge in [0.1, 0.15) is 11.6 Å². The fourth-order valence-electron chi connectivity index (χ4n) is 3.18. The van der Waals surface area contributed by atoms with Crippen LogP contribution in [-0.2, 0) is 4.79 Å². The highest BCUT2D eigenvalue weighted by Gasteiger charge is 2.25. The zero-order valence-electron chi connectivity index (χ0n) is 15.4. The standard InChI is InChI=1S/C23H17N5O/c24-15-19-16-26-28(20-13-7-8-14-25-20)22(19)27-23(29)21(17-9-3-1-4-10-17)18-11-5-2-6-12-18/h1-14,16,21H,(H,27,29). The minimum atomic E-state index is -0.531. The average Bonchev–Trinajstić information content (AvgIpc) is 3.18. The molecule has 0 aliphatic heterocycles. The minimum absolute atomic E-state index is 0.253. The molecule has 0 aliphatic rings. The highest BCUT2D eigenvalue weighted by atomic mass is 16.2. The van der Waals surface area contributed by atoms with E-state index in [0.29, 0.717) is 11.6 Å². The number of nitrogens with one attached hydrogen (secondary N) is 1. The summed E-state index contributed by atoms with van der Waals surface area (Å²) in [6, 6.07) is 26.5. The molecule has 2 aromatic carbocycles. The van der Waals surface area contributed by atoms with Crippen molar-refractivity contribution in [2.45, 2.75) is 5.92 Å². The van der Waals surface area contributed by atoms with Crippen molar-refractivity contribution in [3.8, 4) is 11.9 Å². The maximum absolute atomic E-state index is 13.4. The number of benzene rings is 2. The van der Waals surface area contributed by atoms with Crippen LogP contribution in [0.1, 0.15) is 22.6 Å². The van der Waals surface area contributed by atoms with Crippen molar-refractivity contribution in [1.29, 1.82) is 5.26 Å². The molecule has 29 heavy (non-hydrogen) atoms. The summed E-state index contributed by atoms with van der Waals surface area (Å²) < 4.78 is 1.46. The first kappa shape index (κ1) is 18.1. The number of rotatable bonds is 5. The third-order valence-electron chi connectivity index (χ3n) is 4.53. The Labute approximate surface area is 168 Å². The first-order chi connectivity index (χ1) is 14.3. The summed E-state index contributed by atoms with van der Waals surface area (Å²) >= 11 is 0. The van der Waals surface area contributed by atoms with E-state index >= 15 is 0 Å². The number of hydrogen-bond acceptors (Lipinski definition) is 4. The molecule has 0 radical (unpaired) electrons. The van der Waals surface area contributed by atoms with Crippen molar-refractivity contribution in [2.24, 2.45) is 0 Å². The van der Waals surface area contributed by atoms with Crippen molar-refractivity contribution in [3.05, 3.63) is 108 Å². The Morgan fingerprint density at radius 1 is 0.931 bits per heavy atom. The molecule has 0 saturated heterocycles.